The summed E-state index contributed by atoms with van der Waals surface area (Å²) in [6, 6.07) is 16.4. The minimum absolute atomic E-state index is 0.280. The van der Waals surface area contributed by atoms with E-state index in [9.17, 15) is 0 Å². The lowest BCUT2D eigenvalue weighted by Gasteiger charge is -2.29. The van der Waals surface area contributed by atoms with Gasteiger partial charge in [0.05, 0.1) is 56.5 Å². The maximum Gasteiger partial charge on any atom is 0.150 e. The monoisotopic (exact) mass is 424 g/mol. The maximum absolute atomic E-state index is 6.32. The van der Waals surface area contributed by atoms with Gasteiger partial charge in [0.15, 0.2) is 5.75 Å². The summed E-state index contributed by atoms with van der Waals surface area (Å²) in [7, 11) is 0. The molecule has 4 atom stereocenters. The Morgan fingerprint density at radius 3 is 1.71 bits per heavy atom. The molecule has 4 unspecified atom stereocenters. The highest BCUT2D eigenvalue weighted by Crippen LogP contribution is 2.38. The first kappa shape index (κ1) is 19.4. The molecule has 31 heavy (non-hydrogen) atoms. The van der Waals surface area contributed by atoms with E-state index in [1.165, 1.54) is 5.69 Å². The topological polar surface area (TPSA) is 65.8 Å². The normalized spacial score (nSPS) is 27.5. The SMILES string of the molecule is c1ccc(Oc2ccc(N(CC3CO3)CC3CO3)cc2N(CC2CO2)CC2CO2)cc1. The molecule has 4 saturated heterocycles. The second kappa shape index (κ2) is 8.31. The highest BCUT2D eigenvalue weighted by atomic mass is 16.6. The minimum atomic E-state index is 0.280. The number of rotatable bonds is 12. The van der Waals surface area contributed by atoms with Crippen molar-refractivity contribution in [1.82, 2.24) is 0 Å². The van der Waals surface area contributed by atoms with Crippen LogP contribution in [0.25, 0.3) is 0 Å². The number of para-hydroxylation sites is 1. The third kappa shape index (κ3) is 5.30. The number of anilines is 2. The van der Waals surface area contributed by atoms with Crippen LogP contribution < -0.4 is 14.5 Å². The van der Waals surface area contributed by atoms with Crippen LogP contribution in [0.5, 0.6) is 11.5 Å². The average Bonchev–Trinajstić information content (AvgIpc) is 3.63. The van der Waals surface area contributed by atoms with Gasteiger partial charge in [-0.1, -0.05) is 18.2 Å². The fourth-order valence-electron chi connectivity index (χ4n) is 3.89. The summed E-state index contributed by atoms with van der Waals surface area (Å²) in [5, 5.41) is 0. The van der Waals surface area contributed by atoms with Crippen molar-refractivity contribution in [2.24, 2.45) is 0 Å². The number of hydrogen-bond acceptors (Lipinski definition) is 7. The molecule has 0 spiro atoms. The van der Waals surface area contributed by atoms with Crippen molar-refractivity contribution in [3.05, 3.63) is 48.5 Å². The van der Waals surface area contributed by atoms with Gasteiger partial charge in [0.25, 0.3) is 0 Å². The highest BCUT2D eigenvalue weighted by molar-refractivity contribution is 5.68. The molecule has 0 aromatic heterocycles. The second-order valence-corrected chi connectivity index (χ2v) is 8.70. The zero-order valence-electron chi connectivity index (χ0n) is 17.5. The molecule has 0 N–H and O–H groups in total. The van der Waals surface area contributed by atoms with Gasteiger partial charge in [-0.15, -0.1) is 0 Å². The van der Waals surface area contributed by atoms with Crippen molar-refractivity contribution in [2.45, 2.75) is 24.4 Å². The van der Waals surface area contributed by atoms with Crippen molar-refractivity contribution in [3.63, 3.8) is 0 Å². The molecule has 4 aliphatic rings. The zero-order chi connectivity index (χ0) is 20.6. The van der Waals surface area contributed by atoms with Gasteiger partial charge in [-0.3, -0.25) is 0 Å². The average molecular weight is 424 g/mol. The summed E-state index contributed by atoms with van der Waals surface area (Å²) in [5.41, 5.74) is 2.24. The Bertz CT molecular complexity index is 866. The molecule has 0 aliphatic carbocycles. The molecule has 0 radical (unpaired) electrons. The van der Waals surface area contributed by atoms with Gasteiger partial charge >= 0.3 is 0 Å². The number of nitrogens with zero attached hydrogens (tertiary/aromatic N) is 2. The number of ether oxygens (including phenoxy) is 5. The largest absolute Gasteiger partial charge is 0.455 e. The van der Waals surface area contributed by atoms with Crippen molar-refractivity contribution < 1.29 is 23.7 Å². The molecule has 7 nitrogen and oxygen atoms in total. The van der Waals surface area contributed by atoms with Crippen molar-refractivity contribution in [1.29, 1.82) is 0 Å². The summed E-state index contributed by atoms with van der Waals surface area (Å²) in [6.45, 7) is 6.77. The quantitative estimate of drug-likeness (QED) is 0.486. The van der Waals surface area contributed by atoms with E-state index in [2.05, 4.69) is 28.0 Å². The number of benzene rings is 2. The standard InChI is InChI=1S/C24H28N2O5/c1-2-4-18(5-3-1)31-24-7-6-17(25(9-19-13-27-19)10-20-14-28-20)8-23(24)26(11-21-15-29-21)12-22-16-30-22/h1-8,19-22H,9-16H2. The number of epoxide rings is 4. The zero-order valence-corrected chi connectivity index (χ0v) is 17.5. The van der Waals surface area contributed by atoms with Gasteiger partial charge in [0.1, 0.15) is 5.75 Å². The fraction of sp³-hybridized carbons (Fsp3) is 0.500. The second-order valence-electron chi connectivity index (χ2n) is 8.70. The first-order valence-corrected chi connectivity index (χ1v) is 11.1. The smallest absolute Gasteiger partial charge is 0.150 e. The summed E-state index contributed by atoms with van der Waals surface area (Å²) in [6.07, 6.45) is 1.20. The van der Waals surface area contributed by atoms with Crippen LogP contribution in [0.1, 0.15) is 0 Å². The molecule has 0 saturated carbocycles. The molecule has 4 fully saturated rings. The van der Waals surface area contributed by atoms with Crippen LogP contribution in [0.4, 0.5) is 11.4 Å². The van der Waals surface area contributed by atoms with E-state index in [4.69, 9.17) is 23.7 Å². The van der Waals surface area contributed by atoms with Crippen LogP contribution in [0, 0.1) is 0 Å². The van der Waals surface area contributed by atoms with Crippen LogP contribution in [0.3, 0.4) is 0 Å². The first-order chi connectivity index (χ1) is 15.3. The van der Waals surface area contributed by atoms with Crippen LogP contribution >= 0.6 is 0 Å². The molecule has 7 heteroatoms. The highest BCUT2D eigenvalue weighted by Gasteiger charge is 2.34. The van der Waals surface area contributed by atoms with Gasteiger partial charge in [0, 0.05) is 31.9 Å². The molecular formula is C24H28N2O5. The van der Waals surface area contributed by atoms with E-state index >= 15 is 0 Å². The van der Waals surface area contributed by atoms with Gasteiger partial charge in [-0.05, 0) is 30.3 Å². The van der Waals surface area contributed by atoms with Gasteiger partial charge < -0.3 is 33.5 Å². The van der Waals surface area contributed by atoms with E-state index in [1.54, 1.807) is 0 Å². The Hall–Kier alpha value is -2.32. The first-order valence-electron chi connectivity index (χ1n) is 11.1. The third-order valence-corrected chi connectivity index (χ3v) is 5.92. The fourth-order valence-corrected chi connectivity index (χ4v) is 3.89. The third-order valence-electron chi connectivity index (χ3n) is 5.92. The summed E-state index contributed by atoms with van der Waals surface area (Å²) in [5.74, 6) is 1.68. The molecule has 0 amide bonds. The Kier molecular flexibility index (Phi) is 5.20. The Labute approximate surface area is 182 Å². The summed E-state index contributed by atoms with van der Waals surface area (Å²) < 4.78 is 28.5. The molecular weight excluding hydrogens is 396 g/mol. The van der Waals surface area contributed by atoms with Crippen molar-refractivity contribution in [2.75, 3.05) is 62.4 Å². The molecule has 6 rings (SSSR count). The molecule has 2 aromatic rings. The van der Waals surface area contributed by atoms with Gasteiger partial charge in [-0.2, -0.15) is 0 Å². The van der Waals surface area contributed by atoms with Crippen LogP contribution in [0.15, 0.2) is 48.5 Å². The molecule has 4 heterocycles. The van der Waals surface area contributed by atoms with E-state index in [0.29, 0.717) is 12.2 Å². The molecule has 0 bridgehead atoms. The minimum Gasteiger partial charge on any atom is -0.455 e. The van der Waals surface area contributed by atoms with E-state index in [-0.39, 0.29) is 12.2 Å². The van der Waals surface area contributed by atoms with E-state index in [0.717, 1.165) is 69.8 Å². The molecule has 2 aromatic carbocycles. The predicted octanol–water partition coefficient (Wildman–Crippen LogP) is 2.69. The molecule has 4 aliphatic heterocycles. The summed E-state index contributed by atoms with van der Waals surface area (Å²) >= 11 is 0. The predicted molar refractivity (Wildman–Crippen MR) is 116 cm³/mol. The van der Waals surface area contributed by atoms with Crippen molar-refractivity contribution >= 4 is 11.4 Å². The van der Waals surface area contributed by atoms with Crippen LogP contribution in [-0.4, -0.2) is 77.0 Å². The maximum atomic E-state index is 6.32. The van der Waals surface area contributed by atoms with E-state index < -0.39 is 0 Å². The van der Waals surface area contributed by atoms with Gasteiger partial charge in [0.2, 0.25) is 0 Å². The number of hydrogen-bond donors (Lipinski definition) is 0. The van der Waals surface area contributed by atoms with E-state index in [1.807, 2.05) is 30.3 Å². The van der Waals surface area contributed by atoms with Crippen molar-refractivity contribution in [3.8, 4) is 11.5 Å². The molecule has 164 valence electrons. The van der Waals surface area contributed by atoms with Crippen LogP contribution in [0.2, 0.25) is 0 Å². The van der Waals surface area contributed by atoms with Crippen LogP contribution in [-0.2, 0) is 18.9 Å². The Morgan fingerprint density at radius 2 is 1.19 bits per heavy atom. The Morgan fingerprint density at radius 1 is 0.677 bits per heavy atom. The summed E-state index contributed by atoms with van der Waals surface area (Å²) in [4.78, 5) is 4.74. The Balaban J connectivity index is 1.32. The lowest BCUT2D eigenvalue weighted by atomic mass is 10.2. The van der Waals surface area contributed by atoms with Gasteiger partial charge in [-0.25, -0.2) is 0 Å². The lowest BCUT2D eigenvalue weighted by molar-refractivity contribution is 0.387. The lowest BCUT2D eigenvalue weighted by Crippen LogP contribution is -2.33.